The highest BCUT2D eigenvalue weighted by Gasteiger charge is 2.27. The van der Waals surface area contributed by atoms with Crippen molar-refractivity contribution in [2.45, 2.75) is 58.9 Å². The molecule has 0 atom stereocenters. The van der Waals surface area contributed by atoms with Gasteiger partial charge in [-0.1, -0.05) is 24.4 Å². The molecule has 3 aromatic rings. The molecule has 1 amide bonds. The molecule has 0 N–H and O–H groups in total. The molecule has 0 spiro atoms. The lowest BCUT2D eigenvalue weighted by molar-refractivity contribution is 0.0698. The maximum atomic E-state index is 13.4. The van der Waals surface area contributed by atoms with Crippen molar-refractivity contribution in [1.29, 1.82) is 0 Å². The van der Waals surface area contributed by atoms with Crippen molar-refractivity contribution in [2.24, 2.45) is 0 Å². The predicted molar refractivity (Wildman–Crippen MR) is 103 cm³/mol. The summed E-state index contributed by atoms with van der Waals surface area (Å²) in [6, 6.07) is 4.08. The van der Waals surface area contributed by atoms with E-state index in [-0.39, 0.29) is 11.9 Å². The minimum absolute atomic E-state index is 0.000259. The number of fused-ring (bicyclic) bond motifs is 1. The number of carbonyl (C=O) groups is 1. The van der Waals surface area contributed by atoms with E-state index in [1.807, 2.05) is 44.9 Å². The van der Waals surface area contributed by atoms with E-state index in [1.54, 1.807) is 0 Å². The van der Waals surface area contributed by atoms with Crippen LogP contribution in [0.5, 0.6) is 0 Å². The maximum Gasteiger partial charge on any atom is 0.259 e. The van der Waals surface area contributed by atoms with Crippen molar-refractivity contribution in [1.82, 2.24) is 15.0 Å². The molecule has 1 saturated carbocycles. The largest absolute Gasteiger partial charge is 0.466 e. The lowest BCUT2D eigenvalue weighted by Crippen LogP contribution is -2.38. The molecule has 1 aliphatic carbocycles. The van der Waals surface area contributed by atoms with Crippen molar-refractivity contribution in [2.75, 3.05) is 7.05 Å². The Morgan fingerprint density at radius 3 is 2.56 bits per heavy atom. The molecular formula is C21H25N3O3. The van der Waals surface area contributed by atoms with Gasteiger partial charge in [0.25, 0.3) is 11.6 Å². The van der Waals surface area contributed by atoms with Crippen molar-refractivity contribution in [3.8, 4) is 11.3 Å². The summed E-state index contributed by atoms with van der Waals surface area (Å²) in [6.07, 6.45) is 5.74. The summed E-state index contributed by atoms with van der Waals surface area (Å²) in [5.74, 6) is 1.58. The van der Waals surface area contributed by atoms with Crippen molar-refractivity contribution in [3.05, 3.63) is 34.9 Å². The first-order chi connectivity index (χ1) is 13.0. The summed E-state index contributed by atoms with van der Waals surface area (Å²) < 4.78 is 11.1. The molecule has 0 radical (unpaired) electrons. The molecule has 1 aliphatic rings. The summed E-state index contributed by atoms with van der Waals surface area (Å²) in [4.78, 5) is 19.9. The van der Waals surface area contributed by atoms with Crippen LogP contribution in [0, 0.1) is 20.8 Å². The fraction of sp³-hybridized carbons (Fsp3) is 0.476. The van der Waals surface area contributed by atoms with E-state index >= 15 is 0 Å². The third kappa shape index (κ3) is 3.13. The quantitative estimate of drug-likeness (QED) is 0.664. The number of hydrogen-bond acceptors (Lipinski definition) is 5. The van der Waals surface area contributed by atoms with Gasteiger partial charge in [-0.25, -0.2) is 4.98 Å². The SMILES string of the molecule is Cc1cc(-c2cc(C(=O)N(C)C3CCCCC3)c3c(C)noc3n2)c(C)o1. The van der Waals surface area contributed by atoms with Gasteiger partial charge in [-0.05, 0) is 45.7 Å². The molecule has 3 aromatic heterocycles. The monoisotopic (exact) mass is 367 g/mol. The summed E-state index contributed by atoms with van der Waals surface area (Å²) in [5.41, 5.74) is 3.22. The highest BCUT2D eigenvalue weighted by Crippen LogP contribution is 2.32. The van der Waals surface area contributed by atoms with Crippen molar-refractivity contribution < 1.29 is 13.7 Å². The Kier molecular flexibility index (Phi) is 4.50. The van der Waals surface area contributed by atoms with E-state index in [0.29, 0.717) is 28.1 Å². The fourth-order valence-electron chi connectivity index (χ4n) is 4.11. The molecule has 0 bridgehead atoms. The van der Waals surface area contributed by atoms with Crippen molar-refractivity contribution >= 4 is 17.0 Å². The molecule has 0 unspecified atom stereocenters. The second-order valence-corrected chi connectivity index (χ2v) is 7.54. The first-order valence-corrected chi connectivity index (χ1v) is 9.57. The van der Waals surface area contributed by atoms with Gasteiger partial charge in [-0.3, -0.25) is 4.79 Å². The van der Waals surface area contributed by atoms with Crippen molar-refractivity contribution in [3.63, 3.8) is 0 Å². The number of aromatic nitrogens is 2. The molecule has 0 saturated heterocycles. The highest BCUT2D eigenvalue weighted by atomic mass is 16.5. The second-order valence-electron chi connectivity index (χ2n) is 7.54. The van der Waals surface area contributed by atoms with E-state index in [0.717, 1.165) is 29.9 Å². The van der Waals surface area contributed by atoms with Gasteiger partial charge in [-0.15, -0.1) is 0 Å². The van der Waals surface area contributed by atoms with Gasteiger partial charge >= 0.3 is 0 Å². The van der Waals surface area contributed by atoms with Crippen LogP contribution in [0.25, 0.3) is 22.4 Å². The van der Waals surface area contributed by atoms with Crippen LogP contribution in [0.1, 0.15) is 59.7 Å². The first kappa shape index (κ1) is 17.8. The van der Waals surface area contributed by atoms with Gasteiger partial charge in [0.15, 0.2) is 0 Å². The number of carbonyl (C=O) groups excluding carboxylic acids is 1. The molecule has 6 nitrogen and oxygen atoms in total. The predicted octanol–water partition coefficient (Wildman–Crippen LogP) is 4.81. The number of hydrogen-bond donors (Lipinski definition) is 0. The standard InChI is InChI=1S/C21H25N3O3/c1-12-10-16(14(3)26-12)18-11-17(19-13(2)23-27-20(19)22-18)21(25)24(4)15-8-6-5-7-9-15/h10-11,15H,5-9H2,1-4H3. The Bertz CT molecular complexity index is 996. The first-order valence-electron chi connectivity index (χ1n) is 9.57. The Labute approximate surface area is 158 Å². The molecular weight excluding hydrogens is 342 g/mol. The molecule has 142 valence electrons. The van der Waals surface area contributed by atoms with E-state index < -0.39 is 0 Å². The van der Waals surface area contributed by atoms with Gasteiger partial charge < -0.3 is 13.8 Å². The van der Waals surface area contributed by atoms with Crippen LogP contribution in [-0.2, 0) is 0 Å². The zero-order valence-electron chi connectivity index (χ0n) is 16.3. The third-order valence-electron chi connectivity index (χ3n) is 5.61. The van der Waals surface area contributed by atoms with Gasteiger partial charge in [-0.2, -0.15) is 0 Å². The Morgan fingerprint density at radius 1 is 1.15 bits per heavy atom. The van der Waals surface area contributed by atoms with E-state index in [2.05, 4.69) is 10.1 Å². The van der Waals surface area contributed by atoms with Crippen LogP contribution in [0.15, 0.2) is 21.1 Å². The normalized spacial score (nSPS) is 15.4. The Hall–Kier alpha value is -2.63. The molecule has 3 heterocycles. The number of furan rings is 1. The molecule has 1 fully saturated rings. The lowest BCUT2D eigenvalue weighted by atomic mass is 9.94. The average molecular weight is 367 g/mol. The molecule has 0 aliphatic heterocycles. The third-order valence-corrected chi connectivity index (χ3v) is 5.61. The number of pyridine rings is 1. The van der Waals surface area contributed by atoms with Crippen LogP contribution in [0.3, 0.4) is 0 Å². The smallest absolute Gasteiger partial charge is 0.259 e. The summed E-state index contributed by atoms with van der Waals surface area (Å²) in [5, 5.41) is 4.74. The molecule has 4 rings (SSSR count). The van der Waals surface area contributed by atoms with Crippen LogP contribution in [-0.4, -0.2) is 34.0 Å². The average Bonchev–Trinajstić information content (AvgIpc) is 3.22. The Morgan fingerprint density at radius 2 is 1.89 bits per heavy atom. The molecule has 27 heavy (non-hydrogen) atoms. The van der Waals surface area contributed by atoms with Gasteiger partial charge in [0.1, 0.15) is 11.5 Å². The number of aryl methyl sites for hydroxylation is 3. The number of rotatable bonds is 3. The van der Waals surface area contributed by atoms with Crippen LogP contribution in [0.2, 0.25) is 0 Å². The zero-order valence-corrected chi connectivity index (χ0v) is 16.3. The second kappa shape index (κ2) is 6.83. The number of amides is 1. The van der Waals surface area contributed by atoms with Crippen LogP contribution in [0.4, 0.5) is 0 Å². The van der Waals surface area contributed by atoms with Gasteiger partial charge in [0, 0.05) is 18.7 Å². The summed E-state index contributed by atoms with van der Waals surface area (Å²) in [7, 11) is 1.90. The van der Waals surface area contributed by atoms with Gasteiger partial charge in [0.2, 0.25) is 0 Å². The van der Waals surface area contributed by atoms with Gasteiger partial charge in [0.05, 0.1) is 22.3 Å². The van der Waals surface area contributed by atoms with Crippen LogP contribution < -0.4 is 0 Å². The topological polar surface area (TPSA) is 72.4 Å². The lowest BCUT2D eigenvalue weighted by Gasteiger charge is -2.31. The minimum atomic E-state index is -0.000259. The minimum Gasteiger partial charge on any atom is -0.466 e. The maximum absolute atomic E-state index is 13.4. The van der Waals surface area contributed by atoms with E-state index in [4.69, 9.17) is 8.94 Å². The summed E-state index contributed by atoms with van der Waals surface area (Å²) >= 11 is 0. The zero-order chi connectivity index (χ0) is 19.1. The van der Waals surface area contributed by atoms with E-state index in [1.165, 1.54) is 19.3 Å². The van der Waals surface area contributed by atoms with Crippen LogP contribution >= 0.6 is 0 Å². The highest BCUT2D eigenvalue weighted by molar-refractivity contribution is 6.07. The molecule has 6 heteroatoms. The van der Waals surface area contributed by atoms with E-state index in [9.17, 15) is 4.79 Å². The summed E-state index contributed by atoms with van der Waals surface area (Å²) in [6.45, 7) is 5.64. The number of nitrogens with zero attached hydrogens (tertiary/aromatic N) is 3. The molecule has 0 aromatic carbocycles. The fourth-order valence-corrected chi connectivity index (χ4v) is 4.11. The Balaban J connectivity index is 1.81.